The number of hydrogen-bond acceptors (Lipinski definition) is 8. The number of Topliss-reactive ketones (excluding diaryl/α,β-unsaturated/α-hetero) is 1. The summed E-state index contributed by atoms with van der Waals surface area (Å²) in [5.41, 5.74) is 11.9. The van der Waals surface area contributed by atoms with Gasteiger partial charge in [0.25, 0.3) is 0 Å². The number of nitrogens with one attached hydrogen (secondary N) is 3. The molecule has 0 fully saturated rings. The Hall–Kier alpha value is -3.06. The number of carboxylic acids is 2. The van der Waals surface area contributed by atoms with Crippen molar-refractivity contribution < 1.29 is 39.0 Å². The van der Waals surface area contributed by atoms with Crippen LogP contribution in [0.25, 0.3) is 0 Å². The molecule has 9 N–H and O–H groups in total. The van der Waals surface area contributed by atoms with E-state index in [0.717, 1.165) is 57.8 Å². The zero-order valence-electron chi connectivity index (χ0n) is 30.3. The highest BCUT2D eigenvalue weighted by Crippen LogP contribution is 2.13. The summed E-state index contributed by atoms with van der Waals surface area (Å²) in [7, 11) is 0. The molecule has 0 saturated carbocycles. The molecule has 0 bridgehead atoms. The quantitative estimate of drug-likeness (QED) is 0.0480. The monoisotopic (exact) mass is 697 g/mol. The third kappa shape index (κ3) is 27.5. The van der Waals surface area contributed by atoms with Crippen molar-refractivity contribution in [1.29, 1.82) is 0 Å². The van der Waals surface area contributed by atoms with Gasteiger partial charge in [-0.25, -0.2) is 4.79 Å². The number of unbranched alkanes of at least 4 members (excludes halogenated alkanes) is 13. The Morgan fingerprint density at radius 1 is 0.531 bits per heavy atom. The van der Waals surface area contributed by atoms with Crippen molar-refractivity contribution in [2.45, 2.75) is 173 Å². The molecule has 3 amide bonds. The van der Waals surface area contributed by atoms with Gasteiger partial charge >= 0.3 is 11.9 Å². The van der Waals surface area contributed by atoms with Gasteiger partial charge in [-0.15, -0.1) is 0 Å². The Kier molecular flexibility index (Phi) is 28.0. The van der Waals surface area contributed by atoms with Gasteiger partial charge in [0.15, 0.2) is 5.78 Å². The number of carbonyl (C=O) groups is 6. The van der Waals surface area contributed by atoms with Crippen LogP contribution in [0.1, 0.15) is 155 Å². The van der Waals surface area contributed by atoms with Gasteiger partial charge in [-0.1, -0.05) is 78.1 Å². The van der Waals surface area contributed by atoms with Gasteiger partial charge in [0, 0.05) is 38.3 Å². The molecular formula is C36H67N5O8. The highest BCUT2D eigenvalue weighted by Gasteiger charge is 2.21. The number of aliphatic carboxylic acids is 2. The van der Waals surface area contributed by atoms with Crippen molar-refractivity contribution in [3.05, 3.63) is 0 Å². The van der Waals surface area contributed by atoms with Gasteiger partial charge in [0.2, 0.25) is 17.7 Å². The van der Waals surface area contributed by atoms with Crippen molar-refractivity contribution in [3.8, 4) is 0 Å². The highest BCUT2D eigenvalue weighted by molar-refractivity contribution is 5.85. The Bertz CT molecular complexity index is 962. The lowest BCUT2D eigenvalue weighted by Gasteiger charge is -2.15. The molecule has 0 aromatic carbocycles. The molecule has 0 aliphatic heterocycles. The first kappa shape index (κ1) is 45.9. The molecule has 0 aliphatic rings. The average Bonchev–Trinajstić information content (AvgIpc) is 3.05. The summed E-state index contributed by atoms with van der Waals surface area (Å²) in [6, 6.07) is -2.25. The highest BCUT2D eigenvalue weighted by atomic mass is 16.4. The van der Waals surface area contributed by atoms with Gasteiger partial charge in [-0.05, 0) is 57.8 Å². The number of nitrogens with two attached hydrogens (primary N) is 2. The predicted molar refractivity (Wildman–Crippen MR) is 191 cm³/mol. The molecule has 0 aliphatic carbocycles. The van der Waals surface area contributed by atoms with Crippen LogP contribution in [0.3, 0.4) is 0 Å². The van der Waals surface area contributed by atoms with Crippen LogP contribution in [0.15, 0.2) is 0 Å². The number of amides is 3. The van der Waals surface area contributed by atoms with E-state index in [4.69, 9.17) is 16.6 Å². The summed E-state index contributed by atoms with van der Waals surface area (Å²) < 4.78 is 0. The third-order valence-electron chi connectivity index (χ3n) is 8.61. The van der Waals surface area contributed by atoms with Gasteiger partial charge in [0.05, 0.1) is 12.1 Å². The summed E-state index contributed by atoms with van der Waals surface area (Å²) in [6.07, 6.45) is 16.7. The van der Waals surface area contributed by atoms with Crippen LogP contribution in [0.2, 0.25) is 0 Å². The Balaban J connectivity index is 3.87. The maximum atomic E-state index is 12.3. The lowest BCUT2D eigenvalue weighted by atomic mass is 9.98. The van der Waals surface area contributed by atoms with Crippen LogP contribution in [-0.2, 0) is 28.8 Å². The van der Waals surface area contributed by atoms with Crippen molar-refractivity contribution >= 4 is 35.4 Å². The Labute approximate surface area is 293 Å². The second kappa shape index (κ2) is 29.8. The van der Waals surface area contributed by atoms with Crippen LogP contribution in [0.5, 0.6) is 0 Å². The number of carbonyl (C=O) groups excluding carboxylic acids is 4. The van der Waals surface area contributed by atoms with Crippen molar-refractivity contribution in [3.63, 3.8) is 0 Å². The first-order valence-electron chi connectivity index (χ1n) is 18.7. The topological polar surface area (TPSA) is 231 Å². The summed E-state index contributed by atoms with van der Waals surface area (Å²) in [5, 5.41) is 26.2. The SMILES string of the molecule is CC(C)C(=O)[C@@H](N)CCCCNC(=O)[C@@H](N)CCCCNC(=O)CC[C@H](NC(=O)CCCCCCCCCCCCCCC(=O)O)C(=O)O. The van der Waals surface area contributed by atoms with Crippen LogP contribution in [-0.4, -0.2) is 76.9 Å². The molecule has 0 aromatic rings. The molecule has 0 heterocycles. The van der Waals surface area contributed by atoms with E-state index in [1.54, 1.807) is 0 Å². The molecule has 49 heavy (non-hydrogen) atoms. The molecule has 0 saturated heterocycles. The first-order valence-corrected chi connectivity index (χ1v) is 18.7. The average molecular weight is 698 g/mol. The summed E-state index contributed by atoms with van der Waals surface area (Å²) >= 11 is 0. The van der Waals surface area contributed by atoms with E-state index in [2.05, 4.69) is 16.0 Å². The number of hydrogen-bond donors (Lipinski definition) is 7. The van der Waals surface area contributed by atoms with Crippen molar-refractivity contribution in [2.24, 2.45) is 17.4 Å². The molecule has 284 valence electrons. The molecule has 0 spiro atoms. The Morgan fingerprint density at radius 2 is 1.00 bits per heavy atom. The maximum Gasteiger partial charge on any atom is 0.326 e. The molecule has 0 rings (SSSR count). The normalized spacial score (nSPS) is 13.0. The standard InChI is InChI=1S/C36H67N5O8/c1-27(2)34(46)28(37)19-15-18-26-40-35(47)29(38)20-16-17-25-39-31(42)24-23-30(36(48)49)41-32(43)21-13-11-9-7-5-3-4-6-8-10-12-14-22-33(44)45/h27-30H,3-26,37-38H2,1-2H3,(H,39,42)(H,40,47)(H,41,43)(H,44,45)(H,48,49)/t28-,29-,30-/m0/s1. The number of carboxylic acid groups (broad SMARTS) is 2. The molecule has 0 unspecified atom stereocenters. The minimum absolute atomic E-state index is 0.000255. The van der Waals surface area contributed by atoms with E-state index < -0.39 is 30.1 Å². The lowest BCUT2D eigenvalue weighted by molar-refractivity contribution is -0.142. The van der Waals surface area contributed by atoms with Gasteiger partial charge in [-0.3, -0.25) is 24.0 Å². The fourth-order valence-electron chi connectivity index (χ4n) is 5.47. The second-order valence-corrected chi connectivity index (χ2v) is 13.5. The van der Waals surface area contributed by atoms with E-state index in [-0.39, 0.29) is 55.1 Å². The number of rotatable bonds is 33. The second-order valence-electron chi connectivity index (χ2n) is 13.5. The van der Waals surface area contributed by atoms with E-state index in [9.17, 15) is 33.9 Å². The molecule has 0 aromatic heterocycles. The van der Waals surface area contributed by atoms with E-state index in [1.807, 2.05) is 13.8 Å². The summed E-state index contributed by atoms with van der Waals surface area (Å²) in [4.78, 5) is 70.6. The van der Waals surface area contributed by atoms with Crippen LogP contribution in [0.4, 0.5) is 0 Å². The van der Waals surface area contributed by atoms with E-state index in [0.29, 0.717) is 51.6 Å². The lowest BCUT2D eigenvalue weighted by Crippen LogP contribution is -2.41. The summed E-state index contributed by atoms with van der Waals surface area (Å²) in [6.45, 7) is 4.50. The van der Waals surface area contributed by atoms with Crippen molar-refractivity contribution in [2.75, 3.05) is 13.1 Å². The zero-order valence-corrected chi connectivity index (χ0v) is 30.3. The molecule has 0 radical (unpaired) electrons. The molecule has 13 heteroatoms. The van der Waals surface area contributed by atoms with Crippen LogP contribution >= 0.6 is 0 Å². The van der Waals surface area contributed by atoms with Gasteiger partial charge < -0.3 is 37.6 Å². The minimum Gasteiger partial charge on any atom is -0.481 e. The Morgan fingerprint density at radius 3 is 1.49 bits per heavy atom. The fourth-order valence-corrected chi connectivity index (χ4v) is 5.47. The van der Waals surface area contributed by atoms with Gasteiger partial charge in [-0.2, -0.15) is 0 Å². The fraction of sp³-hybridized carbons (Fsp3) is 0.833. The van der Waals surface area contributed by atoms with E-state index >= 15 is 0 Å². The van der Waals surface area contributed by atoms with Gasteiger partial charge in [0.1, 0.15) is 6.04 Å². The minimum atomic E-state index is -1.17. The molecular weight excluding hydrogens is 630 g/mol. The number of ketones is 1. The van der Waals surface area contributed by atoms with E-state index in [1.165, 1.54) is 19.3 Å². The van der Waals surface area contributed by atoms with Crippen LogP contribution < -0.4 is 27.4 Å². The zero-order chi connectivity index (χ0) is 36.9. The third-order valence-corrected chi connectivity index (χ3v) is 8.61. The maximum absolute atomic E-state index is 12.3. The summed E-state index contributed by atoms with van der Waals surface area (Å²) in [5.74, 6) is -2.79. The first-order chi connectivity index (χ1) is 23.3. The molecule has 13 nitrogen and oxygen atoms in total. The predicted octanol–water partition coefficient (Wildman–Crippen LogP) is 4.33. The van der Waals surface area contributed by atoms with Crippen LogP contribution in [0, 0.1) is 5.92 Å². The van der Waals surface area contributed by atoms with Crippen molar-refractivity contribution in [1.82, 2.24) is 16.0 Å². The molecule has 3 atom stereocenters. The smallest absolute Gasteiger partial charge is 0.326 e. The largest absolute Gasteiger partial charge is 0.481 e.